The number of nitrogens with two attached hydrogens (primary N) is 1. The number of fused-ring (bicyclic) bond motifs is 1. The fraction of sp³-hybridized carbons (Fsp3) is 0.167. The number of para-hydroxylation sites is 1. The summed E-state index contributed by atoms with van der Waals surface area (Å²) >= 11 is 0. The minimum Gasteiger partial charge on any atom is -0.398 e. The number of allylic oxidation sites excluding steroid dienone is 1. The van der Waals surface area contributed by atoms with Crippen molar-refractivity contribution >= 4 is 17.7 Å². The Bertz CT molecular complexity index is 691. The van der Waals surface area contributed by atoms with Gasteiger partial charge in [0, 0.05) is 24.6 Å². The van der Waals surface area contributed by atoms with E-state index < -0.39 is 0 Å². The second-order valence-corrected chi connectivity index (χ2v) is 5.27. The number of rotatable bonds is 4. The van der Waals surface area contributed by atoms with E-state index in [1.54, 1.807) is 0 Å². The van der Waals surface area contributed by atoms with Gasteiger partial charge in [0.15, 0.2) is 0 Å². The summed E-state index contributed by atoms with van der Waals surface area (Å²) < 4.78 is 0. The summed E-state index contributed by atoms with van der Waals surface area (Å²) in [6.07, 6.45) is 4.66. The van der Waals surface area contributed by atoms with Crippen LogP contribution in [-0.4, -0.2) is 5.91 Å². The molecule has 21 heavy (non-hydrogen) atoms. The van der Waals surface area contributed by atoms with Gasteiger partial charge in [-0.25, -0.2) is 0 Å². The molecule has 0 radical (unpaired) electrons. The van der Waals surface area contributed by atoms with Crippen LogP contribution >= 0.6 is 0 Å². The molecule has 1 aliphatic rings. The lowest BCUT2D eigenvalue weighted by Gasteiger charge is -2.12. The molecule has 0 bridgehead atoms. The molecule has 1 atom stereocenters. The van der Waals surface area contributed by atoms with Crippen LogP contribution in [0.5, 0.6) is 0 Å². The van der Waals surface area contributed by atoms with Crippen molar-refractivity contribution in [2.24, 2.45) is 0 Å². The number of amides is 1. The lowest BCUT2D eigenvalue weighted by molar-refractivity contribution is -0.121. The van der Waals surface area contributed by atoms with Gasteiger partial charge in [-0.3, -0.25) is 4.79 Å². The first-order chi connectivity index (χ1) is 10.2. The van der Waals surface area contributed by atoms with Crippen LogP contribution in [0.1, 0.15) is 29.0 Å². The summed E-state index contributed by atoms with van der Waals surface area (Å²) in [4.78, 5) is 12.1. The van der Waals surface area contributed by atoms with Gasteiger partial charge < -0.3 is 11.1 Å². The average molecular weight is 278 g/mol. The van der Waals surface area contributed by atoms with E-state index in [-0.39, 0.29) is 11.8 Å². The van der Waals surface area contributed by atoms with Crippen molar-refractivity contribution < 1.29 is 4.79 Å². The number of nitrogens with one attached hydrogen (secondary N) is 1. The Morgan fingerprint density at radius 2 is 1.86 bits per heavy atom. The van der Waals surface area contributed by atoms with Crippen LogP contribution in [-0.2, 0) is 11.3 Å². The van der Waals surface area contributed by atoms with Crippen molar-refractivity contribution in [3.05, 3.63) is 71.3 Å². The first-order valence-corrected chi connectivity index (χ1v) is 7.11. The Labute approximate surface area is 124 Å². The monoisotopic (exact) mass is 278 g/mol. The largest absolute Gasteiger partial charge is 0.398 e. The Balaban J connectivity index is 1.59. The maximum Gasteiger partial charge on any atom is 0.221 e. The van der Waals surface area contributed by atoms with E-state index in [1.807, 2.05) is 36.4 Å². The van der Waals surface area contributed by atoms with Crippen LogP contribution in [0.3, 0.4) is 0 Å². The highest BCUT2D eigenvalue weighted by molar-refractivity contribution is 5.79. The van der Waals surface area contributed by atoms with Crippen molar-refractivity contribution in [2.75, 3.05) is 5.73 Å². The van der Waals surface area contributed by atoms with Crippen LogP contribution < -0.4 is 11.1 Å². The number of hydrogen-bond acceptors (Lipinski definition) is 2. The molecule has 2 aromatic rings. The number of nitrogen functional groups attached to an aromatic ring is 1. The second kappa shape index (κ2) is 5.83. The van der Waals surface area contributed by atoms with Gasteiger partial charge in [0.25, 0.3) is 0 Å². The Kier molecular flexibility index (Phi) is 3.73. The second-order valence-electron chi connectivity index (χ2n) is 5.27. The van der Waals surface area contributed by atoms with Gasteiger partial charge in [-0.05, 0) is 22.8 Å². The summed E-state index contributed by atoms with van der Waals surface area (Å²) in [5.74, 6) is 0.221. The van der Waals surface area contributed by atoms with Gasteiger partial charge in [-0.15, -0.1) is 0 Å². The zero-order valence-electron chi connectivity index (χ0n) is 11.8. The van der Waals surface area contributed by atoms with E-state index in [1.165, 1.54) is 11.1 Å². The molecule has 0 fully saturated rings. The molecule has 1 unspecified atom stereocenters. The highest BCUT2D eigenvalue weighted by atomic mass is 16.1. The molecular formula is C18H18N2O. The predicted molar refractivity (Wildman–Crippen MR) is 85.5 cm³/mol. The van der Waals surface area contributed by atoms with Gasteiger partial charge in [-0.1, -0.05) is 54.6 Å². The van der Waals surface area contributed by atoms with E-state index in [0.29, 0.717) is 18.7 Å². The van der Waals surface area contributed by atoms with Crippen LogP contribution in [0.2, 0.25) is 0 Å². The van der Waals surface area contributed by atoms with Crippen LogP contribution in [0.25, 0.3) is 6.08 Å². The molecule has 0 spiro atoms. The standard InChI is InChI=1S/C18H18N2O/c19-17-8-4-2-6-15(17)12-20-18(21)11-14-10-9-13-5-1-3-7-16(13)14/h1-10,14H,11-12,19H2,(H,20,21). The highest BCUT2D eigenvalue weighted by Gasteiger charge is 2.19. The molecule has 0 aliphatic heterocycles. The SMILES string of the molecule is Nc1ccccc1CNC(=O)CC1C=Cc2ccccc21. The fourth-order valence-electron chi connectivity index (χ4n) is 2.66. The fourth-order valence-corrected chi connectivity index (χ4v) is 2.66. The topological polar surface area (TPSA) is 55.1 Å². The Morgan fingerprint density at radius 3 is 2.71 bits per heavy atom. The smallest absolute Gasteiger partial charge is 0.221 e. The van der Waals surface area contributed by atoms with Crippen LogP contribution in [0.15, 0.2) is 54.6 Å². The molecule has 3 nitrogen and oxygen atoms in total. The maximum absolute atomic E-state index is 12.1. The third-order valence-electron chi connectivity index (χ3n) is 3.84. The van der Waals surface area contributed by atoms with E-state index in [9.17, 15) is 4.79 Å². The lowest BCUT2D eigenvalue weighted by Crippen LogP contribution is -2.24. The summed E-state index contributed by atoms with van der Waals surface area (Å²) in [7, 11) is 0. The van der Waals surface area contributed by atoms with Crippen LogP contribution in [0, 0.1) is 0 Å². The summed E-state index contributed by atoms with van der Waals surface area (Å²) in [6.45, 7) is 0.476. The molecule has 1 aliphatic carbocycles. The zero-order chi connectivity index (χ0) is 14.7. The normalized spacial score (nSPS) is 15.7. The van der Waals surface area contributed by atoms with E-state index in [2.05, 4.69) is 29.6 Å². The third-order valence-corrected chi connectivity index (χ3v) is 3.84. The van der Waals surface area contributed by atoms with Gasteiger partial charge in [-0.2, -0.15) is 0 Å². The molecule has 0 heterocycles. The predicted octanol–water partition coefficient (Wildman–Crippen LogP) is 3.09. The van der Waals surface area contributed by atoms with Crippen molar-refractivity contribution in [2.45, 2.75) is 18.9 Å². The van der Waals surface area contributed by atoms with Crippen molar-refractivity contribution in [1.29, 1.82) is 0 Å². The van der Waals surface area contributed by atoms with Gasteiger partial charge in [0.1, 0.15) is 0 Å². The summed E-state index contributed by atoms with van der Waals surface area (Å²) in [5.41, 5.74) is 9.97. The van der Waals surface area contributed by atoms with Crippen molar-refractivity contribution in [1.82, 2.24) is 5.32 Å². The number of anilines is 1. The minimum absolute atomic E-state index is 0.0459. The molecule has 1 amide bonds. The molecule has 3 rings (SSSR count). The zero-order valence-corrected chi connectivity index (χ0v) is 11.8. The molecule has 106 valence electrons. The number of carbonyl (C=O) groups excluding carboxylic acids is 1. The van der Waals surface area contributed by atoms with Crippen LogP contribution in [0.4, 0.5) is 5.69 Å². The molecule has 3 heteroatoms. The summed E-state index contributed by atoms with van der Waals surface area (Å²) in [6, 6.07) is 15.8. The highest BCUT2D eigenvalue weighted by Crippen LogP contribution is 2.32. The molecule has 0 aromatic heterocycles. The molecule has 0 saturated carbocycles. The third kappa shape index (κ3) is 2.97. The van der Waals surface area contributed by atoms with E-state index >= 15 is 0 Å². The molecule has 3 N–H and O–H groups in total. The lowest BCUT2D eigenvalue weighted by atomic mass is 9.97. The maximum atomic E-state index is 12.1. The number of benzene rings is 2. The van der Waals surface area contributed by atoms with Gasteiger partial charge in [0.05, 0.1) is 0 Å². The molecule has 2 aromatic carbocycles. The average Bonchev–Trinajstić information content (AvgIpc) is 2.90. The Morgan fingerprint density at radius 1 is 1.10 bits per heavy atom. The summed E-state index contributed by atoms with van der Waals surface area (Å²) in [5, 5.41) is 2.94. The van der Waals surface area contributed by atoms with E-state index in [0.717, 1.165) is 5.56 Å². The van der Waals surface area contributed by atoms with Crippen molar-refractivity contribution in [3.8, 4) is 0 Å². The number of hydrogen-bond donors (Lipinski definition) is 2. The first-order valence-electron chi connectivity index (χ1n) is 7.11. The minimum atomic E-state index is 0.0459. The molecule has 0 saturated heterocycles. The first kappa shape index (κ1) is 13.4. The number of carbonyl (C=O) groups is 1. The van der Waals surface area contributed by atoms with Gasteiger partial charge >= 0.3 is 0 Å². The van der Waals surface area contributed by atoms with Crippen molar-refractivity contribution in [3.63, 3.8) is 0 Å². The quantitative estimate of drug-likeness (QED) is 0.844. The molecular weight excluding hydrogens is 260 g/mol. The Hall–Kier alpha value is -2.55. The van der Waals surface area contributed by atoms with Gasteiger partial charge in [0.2, 0.25) is 5.91 Å². The van der Waals surface area contributed by atoms with E-state index in [4.69, 9.17) is 5.73 Å².